The van der Waals surface area contributed by atoms with Crippen LogP contribution in [0.1, 0.15) is 29.4 Å². The van der Waals surface area contributed by atoms with Crippen LogP contribution in [-0.2, 0) is 27.8 Å². The minimum Gasteiger partial charge on any atom is -0.384 e. The highest BCUT2D eigenvalue weighted by Gasteiger charge is 2.31. The molecule has 0 radical (unpaired) electrons. The third-order valence-electron chi connectivity index (χ3n) is 5.43. The number of anilines is 1. The van der Waals surface area contributed by atoms with Gasteiger partial charge in [-0.25, -0.2) is 17.8 Å². The molecule has 2 aromatic carbocycles. The smallest absolute Gasteiger partial charge is 0.278 e. The molecule has 0 bridgehead atoms. The van der Waals surface area contributed by atoms with Crippen molar-refractivity contribution in [2.45, 2.75) is 30.3 Å². The lowest BCUT2D eigenvalue weighted by atomic mass is 10.1. The van der Waals surface area contributed by atoms with Crippen molar-refractivity contribution in [3.05, 3.63) is 87.9 Å². The van der Waals surface area contributed by atoms with Gasteiger partial charge in [-0.1, -0.05) is 24.3 Å². The molecule has 1 aliphatic rings. The van der Waals surface area contributed by atoms with E-state index in [1.807, 2.05) is 0 Å². The van der Waals surface area contributed by atoms with E-state index in [2.05, 4.69) is 15.0 Å². The van der Waals surface area contributed by atoms with Gasteiger partial charge in [0, 0.05) is 18.5 Å². The molecule has 34 heavy (non-hydrogen) atoms. The summed E-state index contributed by atoms with van der Waals surface area (Å²) in [6.07, 6.45) is 1.84. The molecule has 1 atom stereocenters. The van der Waals surface area contributed by atoms with Gasteiger partial charge in [-0.15, -0.1) is 0 Å². The number of hydrogen-bond donors (Lipinski definition) is 4. The molecule has 1 aliphatic heterocycles. The number of aryl methyl sites for hydroxylation is 1. The molecular weight excluding hydrogens is 463 g/mol. The van der Waals surface area contributed by atoms with Crippen molar-refractivity contribution in [1.82, 2.24) is 14.9 Å². The second-order valence-electron chi connectivity index (χ2n) is 7.71. The molecule has 176 valence electrons. The zero-order valence-corrected chi connectivity index (χ0v) is 18.6. The summed E-state index contributed by atoms with van der Waals surface area (Å²) in [6, 6.07) is 10.1. The summed E-state index contributed by atoms with van der Waals surface area (Å²) in [6.45, 7) is 0.196. The molecule has 1 amide bonds. The number of hydrogen-bond acceptors (Lipinski definition) is 6. The summed E-state index contributed by atoms with van der Waals surface area (Å²) in [7, 11) is -4.16. The fourth-order valence-electron chi connectivity index (χ4n) is 3.65. The predicted octanol–water partition coefficient (Wildman–Crippen LogP) is 1.27. The van der Waals surface area contributed by atoms with Crippen LogP contribution in [0.4, 0.5) is 10.1 Å². The monoisotopic (exact) mass is 484 g/mol. The van der Waals surface area contributed by atoms with Crippen molar-refractivity contribution in [3.63, 3.8) is 0 Å². The number of nitrogen functional groups attached to an aromatic ring is 1. The summed E-state index contributed by atoms with van der Waals surface area (Å²) >= 11 is 0. The van der Waals surface area contributed by atoms with Gasteiger partial charge in [-0.3, -0.25) is 24.3 Å². The molecule has 12 heteroatoms. The van der Waals surface area contributed by atoms with E-state index < -0.39 is 33.3 Å². The zero-order valence-electron chi connectivity index (χ0n) is 17.8. The van der Waals surface area contributed by atoms with E-state index in [1.165, 1.54) is 4.57 Å². The Hall–Kier alpha value is -4.06. The summed E-state index contributed by atoms with van der Waals surface area (Å²) in [5, 5.41) is 10.2. The number of nitrogens with one attached hydrogen (secondary N) is 3. The van der Waals surface area contributed by atoms with Gasteiger partial charge in [0.15, 0.2) is 0 Å². The second kappa shape index (κ2) is 9.06. The van der Waals surface area contributed by atoms with Gasteiger partial charge in [0.2, 0.25) is 5.91 Å². The SMILES string of the molecule is N=C(N)c1ccc(CNC(=O)[C@@H]2CCc3ncc(NS(=O)(=O)c4ccc(F)cc4)c(=O)n32)cc1. The number of carbonyl (C=O) groups excluding carboxylic acids is 1. The van der Waals surface area contributed by atoms with Gasteiger partial charge >= 0.3 is 0 Å². The van der Waals surface area contributed by atoms with E-state index >= 15 is 0 Å². The lowest BCUT2D eigenvalue weighted by molar-refractivity contribution is -0.124. The van der Waals surface area contributed by atoms with Gasteiger partial charge in [-0.05, 0) is 36.2 Å². The third-order valence-corrected chi connectivity index (χ3v) is 6.81. The Morgan fingerprint density at radius 3 is 2.50 bits per heavy atom. The largest absolute Gasteiger partial charge is 0.384 e. The fourth-order valence-corrected chi connectivity index (χ4v) is 4.69. The molecule has 3 aromatic rings. The minimum atomic E-state index is -4.16. The van der Waals surface area contributed by atoms with E-state index in [0.717, 1.165) is 36.0 Å². The highest BCUT2D eigenvalue weighted by atomic mass is 32.2. The molecule has 1 aromatic heterocycles. The number of aromatic nitrogens is 2. The highest BCUT2D eigenvalue weighted by molar-refractivity contribution is 7.92. The molecule has 2 heterocycles. The molecule has 5 N–H and O–H groups in total. The first kappa shape index (κ1) is 23.1. The Morgan fingerprint density at radius 1 is 1.18 bits per heavy atom. The summed E-state index contributed by atoms with van der Waals surface area (Å²) in [5.41, 5.74) is 5.77. The molecule has 0 unspecified atom stereocenters. The van der Waals surface area contributed by atoms with Gasteiger partial charge < -0.3 is 11.1 Å². The maximum absolute atomic E-state index is 13.1. The molecular formula is C22H21FN6O4S. The van der Waals surface area contributed by atoms with E-state index in [4.69, 9.17) is 11.1 Å². The summed E-state index contributed by atoms with van der Waals surface area (Å²) < 4.78 is 41.7. The topological polar surface area (TPSA) is 160 Å². The Labute approximate surface area is 194 Å². The van der Waals surface area contributed by atoms with E-state index in [0.29, 0.717) is 24.2 Å². The van der Waals surface area contributed by atoms with Crippen molar-refractivity contribution in [2.75, 3.05) is 4.72 Å². The number of amides is 1. The predicted molar refractivity (Wildman–Crippen MR) is 122 cm³/mol. The van der Waals surface area contributed by atoms with Crippen molar-refractivity contribution in [1.29, 1.82) is 5.41 Å². The lowest BCUT2D eigenvalue weighted by Gasteiger charge is -2.16. The number of halogens is 1. The zero-order chi connectivity index (χ0) is 24.5. The minimum absolute atomic E-state index is 0.0594. The second-order valence-corrected chi connectivity index (χ2v) is 9.39. The molecule has 10 nitrogen and oxygen atoms in total. The van der Waals surface area contributed by atoms with Gasteiger partial charge in [0.05, 0.1) is 11.1 Å². The quantitative estimate of drug-likeness (QED) is 0.292. The van der Waals surface area contributed by atoms with Gasteiger partial charge in [0.1, 0.15) is 29.2 Å². The van der Waals surface area contributed by atoms with Crippen molar-refractivity contribution in [2.24, 2.45) is 5.73 Å². The van der Waals surface area contributed by atoms with E-state index in [-0.39, 0.29) is 23.0 Å². The Bertz CT molecular complexity index is 1420. The van der Waals surface area contributed by atoms with Crippen LogP contribution < -0.4 is 21.3 Å². The lowest BCUT2D eigenvalue weighted by Crippen LogP contribution is -2.36. The van der Waals surface area contributed by atoms with Crippen LogP contribution in [0, 0.1) is 11.2 Å². The Morgan fingerprint density at radius 2 is 1.85 bits per heavy atom. The number of nitrogens with zero attached hydrogens (tertiary/aromatic N) is 2. The number of nitrogens with two attached hydrogens (primary N) is 1. The summed E-state index contributed by atoms with van der Waals surface area (Å²) in [4.78, 5) is 29.8. The van der Waals surface area contributed by atoms with Crippen molar-refractivity contribution >= 4 is 27.5 Å². The van der Waals surface area contributed by atoms with Crippen molar-refractivity contribution < 1.29 is 17.6 Å². The van der Waals surface area contributed by atoms with Crippen molar-refractivity contribution in [3.8, 4) is 0 Å². The van der Waals surface area contributed by atoms with Gasteiger partial charge in [-0.2, -0.15) is 0 Å². The van der Waals surface area contributed by atoms with Crippen LogP contribution in [0.2, 0.25) is 0 Å². The van der Waals surface area contributed by atoms with Crippen LogP contribution in [-0.4, -0.2) is 29.7 Å². The first-order valence-electron chi connectivity index (χ1n) is 10.3. The average molecular weight is 485 g/mol. The molecule has 0 fully saturated rings. The van der Waals surface area contributed by atoms with Crippen LogP contribution in [0.15, 0.2) is 64.4 Å². The average Bonchev–Trinajstić information content (AvgIpc) is 3.25. The normalized spacial score (nSPS) is 14.9. The molecule has 0 saturated heterocycles. The number of sulfonamides is 1. The van der Waals surface area contributed by atoms with Crippen LogP contribution >= 0.6 is 0 Å². The number of rotatable bonds is 7. The van der Waals surface area contributed by atoms with Crippen LogP contribution in [0.3, 0.4) is 0 Å². The number of carbonyl (C=O) groups is 1. The highest BCUT2D eigenvalue weighted by Crippen LogP contribution is 2.24. The third kappa shape index (κ3) is 4.66. The molecule has 0 aliphatic carbocycles. The number of amidine groups is 1. The first-order valence-corrected chi connectivity index (χ1v) is 11.7. The maximum Gasteiger partial charge on any atom is 0.278 e. The molecule has 4 rings (SSSR count). The summed E-state index contributed by atoms with van der Waals surface area (Å²) in [5.74, 6) is -0.685. The van der Waals surface area contributed by atoms with Crippen LogP contribution in [0.5, 0.6) is 0 Å². The molecule has 0 spiro atoms. The van der Waals surface area contributed by atoms with E-state index in [1.54, 1.807) is 24.3 Å². The molecule has 0 saturated carbocycles. The Kier molecular flexibility index (Phi) is 6.16. The number of fused-ring (bicyclic) bond motifs is 1. The Balaban J connectivity index is 1.52. The van der Waals surface area contributed by atoms with Crippen LogP contribution in [0.25, 0.3) is 0 Å². The maximum atomic E-state index is 13.1. The standard InChI is InChI=1S/C22H21FN6O4S/c23-15-5-7-16(8-6-15)34(32,33)28-17-12-26-19-10-9-18(29(19)22(17)31)21(30)27-11-13-1-3-14(4-2-13)20(24)25/h1-8,12,18,28H,9-11H2,(H3,24,25)(H,27,30)/t18-/m0/s1. The fraction of sp³-hybridized carbons (Fsp3) is 0.182. The number of benzene rings is 2. The first-order chi connectivity index (χ1) is 16.2. The van der Waals surface area contributed by atoms with Gasteiger partial charge in [0.25, 0.3) is 15.6 Å². The van der Waals surface area contributed by atoms with E-state index in [9.17, 15) is 22.4 Å².